The van der Waals surface area contributed by atoms with Crippen LogP contribution < -0.4 is 19.8 Å². The number of nitrogens with zero attached hydrogens (tertiary/aromatic N) is 1. The van der Waals surface area contributed by atoms with Crippen LogP contribution in [0.4, 0.5) is 5.69 Å². The number of hydrogen-bond donors (Lipinski definition) is 2. The van der Waals surface area contributed by atoms with Crippen LogP contribution in [-0.2, 0) is 6.42 Å². The van der Waals surface area contributed by atoms with Crippen molar-refractivity contribution in [1.29, 1.82) is 0 Å². The van der Waals surface area contributed by atoms with Crippen LogP contribution in [0.1, 0.15) is 12.6 Å². The molecule has 1 heterocycles. The van der Waals surface area contributed by atoms with E-state index in [1.165, 1.54) is 0 Å². The van der Waals surface area contributed by atoms with Gasteiger partial charge in [0, 0.05) is 17.2 Å². The highest BCUT2D eigenvalue weighted by atomic mass is 16.6. The number of hydrogen-bond acceptors (Lipinski definition) is 4. The Bertz CT molecular complexity index is 284. The third-order valence-electron chi connectivity index (χ3n) is 2.01. The highest BCUT2D eigenvalue weighted by Gasteiger charge is 2.20. The molecule has 1 aromatic rings. The summed E-state index contributed by atoms with van der Waals surface area (Å²) >= 11 is 0. The Hall–Kier alpha value is -1.49. The first kappa shape index (κ1) is 10.6. The number of pyridine rings is 1. The van der Waals surface area contributed by atoms with Gasteiger partial charge in [0.25, 0.3) is 5.69 Å². The van der Waals surface area contributed by atoms with E-state index in [0.717, 1.165) is 12.1 Å². The highest BCUT2D eigenvalue weighted by Crippen LogP contribution is 2.25. The van der Waals surface area contributed by atoms with Crippen molar-refractivity contribution in [3.63, 3.8) is 0 Å². The molecule has 0 atom stereocenters. The van der Waals surface area contributed by atoms with E-state index in [1.807, 2.05) is 6.92 Å². The lowest BCUT2D eigenvalue weighted by atomic mass is 10.2. The smallest absolute Gasteiger partial charge is 0.277 e. The van der Waals surface area contributed by atoms with Crippen LogP contribution in [0.5, 0.6) is 5.75 Å². The Balaban J connectivity index is 3.28. The fourth-order valence-corrected chi connectivity index (χ4v) is 1.37. The summed E-state index contributed by atoms with van der Waals surface area (Å²) in [4.78, 5) is 5.11. The number of nitrogens with one attached hydrogen (secondary N) is 1. The fraction of sp³-hybridized carbons (Fsp3) is 0.444. The Kier molecular flexibility index (Phi) is 3.53. The summed E-state index contributed by atoms with van der Waals surface area (Å²) in [5.74, 6) is 0.583. The van der Waals surface area contributed by atoms with Crippen LogP contribution in [0, 0.1) is 0 Å². The quantitative estimate of drug-likeness (QED) is 0.544. The average molecular weight is 199 g/mol. The van der Waals surface area contributed by atoms with E-state index >= 15 is 0 Å². The first-order chi connectivity index (χ1) is 6.78. The van der Waals surface area contributed by atoms with Crippen LogP contribution in [0.2, 0.25) is 0 Å². The van der Waals surface area contributed by atoms with Crippen molar-refractivity contribution in [2.45, 2.75) is 13.3 Å². The molecule has 0 bridgehead atoms. The third-order valence-corrected chi connectivity index (χ3v) is 2.01. The summed E-state index contributed by atoms with van der Waals surface area (Å²) in [5.41, 5.74) is 3.46. The van der Waals surface area contributed by atoms with Crippen LogP contribution in [-0.4, -0.2) is 19.4 Å². The standard InChI is InChI=1S/C9H14N2O3/c1-4-8-9(13-2)7(10-12)5-6-11(8)14-3/h5-6,12H,4H2,1-3H3/p+1. The molecule has 0 aliphatic carbocycles. The summed E-state index contributed by atoms with van der Waals surface area (Å²) in [6, 6.07) is 1.67. The summed E-state index contributed by atoms with van der Waals surface area (Å²) in [7, 11) is 3.12. The molecule has 0 fully saturated rings. The van der Waals surface area contributed by atoms with Crippen molar-refractivity contribution in [3.8, 4) is 5.75 Å². The first-order valence-corrected chi connectivity index (χ1v) is 4.34. The number of aromatic nitrogens is 1. The number of ether oxygens (including phenoxy) is 1. The zero-order chi connectivity index (χ0) is 10.6. The van der Waals surface area contributed by atoms with E-state index < -0.39 is 0 Å². The van der Waals surface area contributed by atoms with Gasteiger partial charge in [-0.05, 0) is 0 Å². The largest absolute Gasteiger partial charge is 0.489 e. The van der Waals surface area contributed by atoms with Gasteiger partial charge in [-0.2, -0.15) is 0 Å². The molecule has 5 nitrogen and oxygen atoms in total. The zero-order valence-electron chi connectivity index (χ0n) is 8.57. The van der Waals surface area contributed by atoms with Gasteiger partial charge in [0.2, 0.25) is 11.9 Å². The van der Waals surface area contributed by atoms with E-state index in [9.17, 15) is 0 Å². The molecule has 0 saturated heterocycles. The molecule has 0 spiro atoms. The van der Waals surface area contributed by atoms with Crippen LogP contribution in [0.25, 0.3) is 0 Å². The lowest BCUT2D eigenvalue weighted by Gasteiger charge is -2.08. The molecule has 5 heteroatoms. The molecular weight excluding hydrogens is 184 g/mol. The van der Waals surface area contributed by atoms with Gasteiger partial charge in [0.1, 0.15) is 12.8 Å². The number of anilines is 1. The van der Waals surface area contributed by atoms with Crippen molar-refractivity contribution in [2.24, 2.45) is 0 Å². The fourth-order valence-electron chi connectivity index (χ4n) is 1.37. The third kappa shape index (κ3) is 1.72. The van der Waals surface area contributed by atoms with E-state index in [4.69, 9.17) is 14.8 Å². The second-order valence-electron chi connectivity index (χ2n) is 2.68. The maximum Gasteiger partial charge on any atom is 0.277 e. The van der Waals surface area contributed by atoms with E-state index in [2.05, 4.69) is 5.48 Å². The molecule has 0 unspecified atom stereocenters. The molecule has 0 saturated carbocycles. The molecule has 0 amide bonds. The van der Waals surface area contributed by atoms with Crippen LogP contribution in [0.15, 0.2) is 12.3 Å². The van der Waals surface area contributed by atoms with Crippen LogP contribution >= 0.6 is 0 Å². The normalized spacial score (nSPS) is 9.71. The van der Waals surface area contributed by atoms with E-state index in [1.54, 1.807) is 31.2 Å². The molecule has 0 aliphatic rings. The molecule has 2 N–H and O–H groups in total. The van der Waals surface area contributed by atoms with Crippen molar-refractivity contribution in [3.05, 3.63) is 18.0 Å². The molecule has 1 aromatic heterocycles. The van der Waals surface area contributed by atoms with Gasteiger partial charge in [-0.25, -0.2) is 0 Å². The average Bonchev–Trinajstić information content (AvgIpc) is 2.26. The van der Waals surface area contributed by atoms with Gasteiger partial charge in [-0.1, -0.05) is 6.92 Å². The Morgan fingerprint density at radius 2 is 2.21 bits per heavy atom. The summed E-state index contributed by atoms with van der Waals surface area (Å²) < 4.78 is 6.77. The van der Waals surface area contributed by atoms with Gasteiger partial charge in [-0.3, -0.25) is 15.5 Å². The monoisotopic (exact) mass is 199 g/mol. The topological polar surface area (TPSA) is 54.6 Å². The SMILES string of the molecule is CCc1c(OC)c(NO)cc[n+]1OC. The second kappa shape index (κ2) is 4.66. The molecule has 78 valence electrons. The maximum atomic E-state index is 8.85. The molecule has 0 radical (unpaired) electrons. The van der Waals surface area contributed by atoms with E-state index in [0.29, 0.717) is 11.4 Å². The van der Waals surface area contributed by atoms with Gasteiger partial charge in [0.15, 0.2) is 0 Å². The predicted octanol–water partition coefficient (Wildman–Crippen LogP) is 0.405. The Morgan fingerprint density at radius 3 is 2.64 bits per heavy atom. The van der Waals surface area contributed by atoms with Crippen molar-refractivity contribution in [2.75, 3.05) is 19.7 Å². The van der Waals surface area contributed by atoms with Crippen molar-refractivity contribution < 1.29 is 19.5 Å². The molecule has 1 rings (SSSR count). The van der Waals surface area contributed by atoms with Gasteiger partial charge < -0.3 is 4.74 Å². The lowest BCUT2D eigenvalue weighted by molar-refractivity contribution is -0.890. The number of methoxy groups -OCH3 is 1. The first-order valence-electron chi connectivity index (χ1n) is 4.34. The molecule has 0 aromatic carbocycles. The maximum absolute atomic E-state index is 8.85. The summed E-state index contributed by atoms with van der Waals surface area (Å²) in [5, 5.41) is 8.85. The predicted molar refractivity (Wildman–Crippen MR) is 50.5 cm³/mol. The van der Waals surface area contributed by atoms with Gasteiger partial charge >= 0.3 is 0 Å². The summed E-state index contributed by atoms with van der Waals surface area (Å²) in [6.07, 6.45) is 2.45. The van der Waals surface area contributed by atoms with Crippen molar-refractivity contribution in [1.82, 2.24) is 0 Å². The Morgan fingerprint density at radius 1 is 1.50 bits per heavy atom. The Labute approximate surface area is 82.8 Å². The van der Waals surface area contributed by atoms with Gasteiger partial charge in [-0.15, -0.1) is 0 Å². The van der Waals surface area contributed by atoms with Crippen LogP contribution in [0.3, 0.4) is 0 Å². The lowest BCUT2D eigenvalue weighted by Crippen LogP contribution is -2.44. The summed E-state index contributed by atoms with van der Waals surface area (Å²) in [6.45, 7) is 1.98. The van der Waals surface area contributed by atoms with Crippen molar-refractivity contribution >= 4 is 5.69 Å². The van der Waals surface area contributed by atoms with E-state index in [-0.39, 0.29) is 0 Å². The molecular formula is C9H15N2O3+. The molecule has 0 aliphatic heterocycles. The molecule has 14 heavy (non-hydrogen) atoms. The minimum atomic E-state index is 0.526. The zero-order valence-corrected chi connectivity index (χ0v) is 8.57. The minimum absolute atomic E-state index is 0.526. The van der Waals surface area contributed by atoms with Gasteiger partial charge in [0.05, 0.1) is 7.11 Å². The number of rotatable bonds is 4. The highest BCUT2D eigenvalue weighted by molar-refractivity contribution is 5.54. The minimum Gasteiger partial charge on any atom is -0.489 e. The second-order valence-corrected chi connectivity index (χ2v) is 2.68.